The molecule has 0 aliphatic heterocycles. The predicted octanol–water partition coefficient (Wildman–Crippen LogP) is 0.481. The Morgan fingerprint density at radius 1 is 1.77 bits per heavy atom. The van der Waals surface area contributed by atoms with Crippen molar-refractivity contribution in [3.63, 3.8) is 0 Å². The van der Waals surface area contributed by atoms with Gasteiger partial charge in [-0.1, -0.05) is 0 Å². The lowest BCUT2D eigenvalue weighted by molar-refractivity contribution is -0.139. The number of nitrogens with zero attached hydrogens (tertiary/aromatic N) is 2. The summed E-state index contributed by atoms with van der Waals surface area (Å²) in [6, 6.07) is 0. The van der Waals surface area contributed by atoms with Gasteiger partial charge in [0.1, 0.15) is 0 Å². The second-order valence-corrected chi connectivity index (χ2v) is 3.55. The van der Waals surface area contributed by atoms with Crippen LogP contribution in [0.15, 0.2) is 16.9 Å². The van der Waals surface area contributed by atoms with Gasteiger partial charge >= 0.3 is 5.97 Å². The quantitative estimate of drug-likeness (QED) is 0.813. The summed E-state index contributed by atoms with van der Waals surface area (Å²) in [5.74, 6) is -1.02. The Morgan fingerprint density at radius 3 is 2.92 bits per heavy atom. The monoisotopic (exact) mass is 248 g/mol. The van der Waals surface area contributed by atoms with E-state index in [-0.39, 0.29) is 13.0 Å². The highest BCUT2D eigenvalue weighted by Gasteiger charge is 2.10. The standard InChI is InChI=1S/C7H9BrN2O3/c8-5-2-9-10(3-5)4-6(11)1-7(12)13/h2-3,6,11H,1,4H2,(H,12,13). The Bertz CT molecular complexity index is 300. The van der Waals surface area contributed by atoms with Crippen LogP contribution in [0.5, 0.6) is 0 Å². The van der Waals surface area contributed by atoms with Crippen LogP contribution in [0.2, 0.25) is 0 Å². The Balaban J connectivity index is 2.44. The molecule has 0 saturated heterocycles. The van der Waals surface area contributed by atoms with E-state index in [0.717, 1.165) is 4.47 Å². The van der Waals surface area contributed by atoms with Crippen LogP contribution in [-0.4, -0.2) is 32.1 Å². The average molecular weight is 249 g/mol. The molecule has 13 heavy (non-hydrogen) atoms. The number of halogens is 1. The van der Waals surface area contributed by atoms with E-state index in [9.17, 15) is 9.90 Å². The SMILES string of the molecule is O=C(O)CC(O)Cn1cc(Br)cn1. The van der Waals surface area contributed by atoms with Crippen molar-refractivity contribution in [2.24, 2.45) is 0 Å². The van der Waals surface area contributed by atoms with Crippen molar-refractivity contribution < 1.29 is 15.0 Å². The van der Waals surface area contributed by atoms with E-state index in [1.165, 1.54) is 4.68 Å². The van der Waals surface area contributed by atoms with Gasteiger partial charge in [-0.15, -0.1) is 0 Å². The lowest BCUT2D eigenvalue weighted by atomic mass is 10.2. The minimum absolute atomic E-state index is 0.192. The van der Waals surface area contributed by atoms with Crippen molar-refractivity contribution in [1.82, 2.24) is 9.78 Å². The van der Waals surface area contributed by atoms with Gasteiger partial charge < -0.3 is 10.2 Å². The van der Waals surface area contributed by atoms with Gasteiger partial charge in [-0.2, -0.15) is 5.10 Å². The lowest BCUT2D eigenvalue weighted by Gasteiger charge is -2.06. The molecule has 0 radical (unpaired) electrons. The van der Waals surface area contributed by atoms with Gasteiger partial charge in [-0.05, 0) is 15.9 Å². The van der Waals surface area contributed by atoms with Crippen LogP contribution in [0, 0.1) is 0 Å². The van der Waals surface area contributed by atoms with Crippen LogP contribution in [-0.2, 0) is 11.3 Å². The molecule has 0 spiro atoms. The first-order chi connectivity index (χ1) is 6.08. The molecule has 1 heterocycles. The van der Waals surface area contributed by atoms with Crippen LogP contribution in [0.1, 0.15) is 6.42 Å². The third-order valence-corrected chi connectivity index (χ3v) is 1.82. The van der Waals surface area contributed by atoms with E-state index >= 15 is 0 Å². The Labute approximate surface area is 83.1 Å². The molecule has 0 fully saturated rings. The maximum absolute atomic E-state index is 10.2. The fourth-order valence-electron chi connectivity index (χ4n) is 0.920. The van der Waals surface area contributed by atoms with Gasteiger partial charge in [0, 0.05) is 6.20 Å². The Kier molecular flexibility index (Phi) is 3.44. The number of hydrogen-bond donors (Lipinski definition) is 2. The molecule has 0 aliphatic rings. The molecular weight excluding hydrogens is 240 g/mol. The summed E-state index contributed by atoms with van der Waals surface area (Å²) in [5, 5.41) is 21.5. The molecule has 6 heteroatoms. The first kappa shape index (κ1) is 10.2. The number of carbonyl (C=O) groups is 1. The summed E-state index contributed by atoms with van der Waals surface area (Å²) in [6.45, 7) is 0.192. The molecule has 5 nitrogen and oxygen atoms in total. The average Bonchev–Trinajstić information content (AvgIpc) is 2.33. The van der Waals surface area contributed by atoms with Crippen LogP contribution in [0.4, 0.5) is 0 Å². The third-order valence-electron chi connectivity index (χ3n) is 1.41. The molecule has 72 valence electrons. The highest BCUT2D eigenvalue weighted by Crippen LogP contribution is 2.07. The second kappa shape index (κ2) is 4.38. The molecule has 1 aromatic heterocycles. The first-order valence-corrected chi connectivity index (χ1v) is 4.45. The lowest BCUT2D eigenvalue weighted by Crippen LogP contribution is -2.19. The molecule has 0 bridgehead atoms. The van der Waals surface area contributed by atoms with Gasteiger partial charge in [0.2, 0.25) is 0 Å². The number of rotatable bonds is 4. The number of carboxylic acid groups (broad SMARTS) is 1. The highest BCUT2D eigenvalue weighted by atomic mass is 79.9. The van der Waals surface area contributed by atoms with Gasteiger partial charge in [0.15, 0.2) is 0 Å². The van der Waals surface area contributed by atoms with Gasteiger partial charge in [0.25, 0.3) is 0 Å². The minimum Gasteiger partial charge on any atom is -0.481 e. The predicted molar refractivity (Wildman–Crippen MR) is 48.2 cm³/mol. The first-order valence-electron chi connectivity index (χ1n) is 3.65. The zero-order chi connectivity index (χ0) is 9.84. The van der Waals surface area contributed by atoms with E-state index < -0.39 is 12.1 Å². The number of hydrogen-bond acceptors (Lipinski definition) is 3. The number of aromatic nitrogens is 2. The van der Waals surface area contributed by atoms with E-state index in [2.05, 4.69) is 21.0 Å². The highest BCUT2D eigenvalue weighted by molar-refractivity contribution is 9.10. The number of carboxylic acids is 1. The maximum atomic E-state index is 10.2. The van der Waals surface area contributed by atoms with Crippen LogP contribution >= 0.6 is 15.9 Å². The zero-order valence-electron chi connectivity index (χ0n) is 6.72. The maximum Gasteiger partial charge on any atom is 0.306 e. The van der Waals surface area contributed by atoms with Crippen molar-refractivity contribution in [2.45, 2.75) is 19.1 Å². The van der Waals surface area contributed by atoms with Crippen LogP contribution in [0.25, 0.3) is 0 Å². The van der Waals surface area contributed by atoms with Crippen molar-refractivity contribution in [1.29, 1.82) is 0 Å². The van der Waals surface area contributed by atoms with Crippen LogP contribution < -0.4 is 0 Å². The fourth-order valence-corrected chi connectivity index (χ4v) is 1.25. The Morgan fingerprint density at radius 2 is 2.46 bits per heavy atom. The van der Waals surface area contributed by atoms with E-state index in [4.69, 9.17) is 5.11 Å². The Hall–Kier alpha value is -0.880. The van der Waals surface area contributed by atoms with Crippen molar-refractivity contribution in [3.05, 3.63) is 16.9 Å². The fraction of sp³-hybridized carbons (Fsp3) is 0.429. The smallest absolute Gasteiger partial charge is 0.306 e. The largest absolute Gasteiger partial charge is 0.481 e. The molecule has 0 amide bonds. The molecular formula is C7H9BrN2O3. The van der Waals surface area contributed by atoms with Gasteiger partial charge in [0.05, 0.1) is 29.7 Å². The molecule has 0 saturated carbocycles. The molecule has 1 rings (SSSR count). The summed E-state index contributed by atoms with van der Waals surface area (Å²) < 4.78 is 2.28. The summed E-state index contributed by atoms with van der Waals surface area (Å²) >= 11 is 3.19. The van der Waals surface area contributed by atoms with Crippen molar-refractivity contribution in [3.8, 4) is 0 Å². The summed E-state index contributed by atoms with van der Waals surface area (Å²) in [5.41, 5.74) is 0. The zero-order valence-corrected chi connectivity index (χ0v) is 8.31. The van der Waals surface area contributed by atoms with E-state index in [1.54, 1.807) is 12.4 Å². The number of aliphatic hydroxyl groups excluding tert-OH is 1. The molecule has 1 atom stereocenters. The van der Waals surface area contributed by atoms with Gasteiger partial charge in [-0.25, -0.2) is 0 Å². The third kappa shape index (κ3) is 3.56. The topological polar surface area (TPSA) is 75.3 Å². The van der Waals surface area contributed by atoms with Crippen molar-refractivity contribution in [2.75, 3.05) is 0 Å². The molecule has 0 aliphatic carbocycles. The molecule has 0 aromatic carbocycles. The van der Waals surface area contributed by atoms with Crippen LogP contribution in [0.3, 0.4) is 0 Å². The van der Waals surface area contributed by atoms with Crippen molar-refractivity contribution >= 4 is 21.9 Å². The van der Waals surface area contributed by atoms with E-state index in [0.29, 0.717) is 0 Å². The molecule has 1 unspecified atom stereocenters. The number of aliphatic carboxylic acids is 1. The molecule has 1 aromatic rings. The summed E-state index contributed by atoms with van der Waals surface area (Å²) in [4.78, 5) is 10.2. The summed E-state index contributed by atoms with van der Waals surface area (Å²) in [7, 11) is 0. The van der Waals surface area contributed by atoms with Gasteiger partial charge in [-0.3, -0.25) is 9.48 Å². The minimum atomic E-state index is -1.02. The second-order valence-electron chi connectivity index (χ2n) is 2.63. The molecule has 2 N–H and O–H groups in total. The normalized spacial score (nSPS) is 12.8. The number of aliphatic hydroxyl groups is 1. The van der Waals surface area contributed by atoms with E-state index in [1.807, 2.05) is 0 Å². The summed E-state index contributed by atoms with van der Waals surface area (Å²) in [6.07, 6.45) is 2.08.